The molecule has 1 heterocycles. The lowest BCUT2D eigenvalue weighted by Crippen LogP contribution is -2.14. The van der Waals surface area contributed by atoms with Crippen LogP contribution in [0.1, 0.15) is 43.9 Å². The zero-order chi connectivity index (χ0) is 14.5. The second-order valence-corrected chi connectivity index (χ2v) is 5.96. The van der Waals surface area contributed by atoms with Crippen LogP contribution in [0.5, 0.6) is 0 Å². The van der Waals surface area contributed by atoms with E-state index in [1.165, 1.54) is 30.2 Å². The second-order valence-electron chi connectivity index (χ2n) is 5.96. The molecule has 0 spiro atoms. The Labute approximate surface area is 126 Å². The quantitative estimate of drug-likeness (QED) is 0.700. The van der Waals surface area contributed by atoms with Gasteiger partial charge in [0.1, 0.15) is 18.0 Å². The van der Waals surface area contributed by atoms with Gasteiger partial charge in [-0.3, -0.25) is 0 Å². The topological polar surface area (TPSA) is 34.4 Å². The predicted octanol–water partition coefficient (Wildman–Crippen LogP) is 4.25. The predicted molar refractivity (Wildman–Crippen MR) is 85.2 cm³/mol. The Morgan fingerprint density at radius 1 is 1.29 bits per heavy atom. The van der Waals surface area contributed by atoms with Crippen molar-refractivity contribution >= 4 is 11.0 Å². The lowest BCUT2D eigenvalue weighted by molar-refractivity contribution is 0.101. The van der Waals surface area contributed by atoms with Crippen LogP contribution in [0.3, 0.4) is 0 Å². The molecule has 3 nitrogen and oxygen atoms in total. The molecule has 3 rings (SSSR count). The van der Waals surface area contributed by atoms with E-state index < -0.39 is 0 Å². The van der Waals surface area contributed by atoms with Gasteiger partial charge in [-0.2, -0.15) is 0 Å². The van der Waals surface area contributed by atoms with Gasteiger partial charge in [-0.1, -0.05) is 38.0 Å². The highest BCUT2D eigenvalue weighted by atomic mass is 16.5. The fourth-order valence-electron chi connectivity index (χ4n) is 2.67. The highest BCUT2D eigenvalue weighted by molar-refractivity contribution is 5.82. The van der Waals surface area contributed by atoms with Gasteiger partial charge in [0.25, 0.3) is 0 Å². The molecule has 1 aliphatic carbocycles. The van der Waals surface area contributed by atoms with Crippen LogP contribution >= 0.6 is 0 Å². The summed E-state index contributed by atoms with van der Waals surface area (Å²) in [5.74, 6) is 1.90. The minimum atomic E-state index is 0.588. The van der Waals surface area contributed by atoms with Crippen molar-refractivity contribution < 1.29 is 9.15 Å². The van der Waals surface area contributed by atoms with Gasteiger partial charge in [0.15, 0.2) is 0 Å². The monoisotopic (exact) mass is 287 g/mol. The van der Waals surface area contributed by atoms with Crippen LogP contribution in [0.4, 0.5) is 0 Å². The molecule has 1 saturated carbocycles. The van der Waals surface area contributed by atoms with Crippen LogP contribution in [0.2, 0.25) is 0 Å². The number of hydrogen-bond donors (Lipinski definition) is 1. The number of benzene rings is 1. The average Bonchev–Trinajstić information content (AvgIpc) is 3.26. The molecule has 1 fully saturated rings. The first kappa shape index (κ1) is 14.6. The molecule has 0 amide bonds. The van der Waals surface area contributed by atoms with E-state index in [0.29, 0.717) is 6.61 Å². The maximum absolute atomic E-state index is 5.99. The first-order chi connectivity index (χ1) is 10.4. The Balaban J connectivity index is 1.66. The summed E-state index contributed by atoms with van der Waals surface area (Å²) >= 11 is 0. The third-order valence-corrected chi connectivity index (χ3v) is 4.11. The second kappa shape index (κ2) is 7.10. The molecule has 21 heavy (non-hydrogen) atoms. The van der Waals surface area contributed by atoms with Crippen molar-refractivity contribution in [3.63, 3.8) is 0 Å². The molecule has 0 unspecified atom stereocenters. The van der Waals surface area contributed by atoms with Crippen molar-refractivity contribution in [3.8, 4) is 0 Å². The first-order valence-corrected chi connectivity index (χ1v) is 8.16. The Bertz CT molecular complexity index is 572. The molecule has 1 aromatic carbocycles. The summed E-state index contributed by atoms with van der Waals surface area (Å²) in [6, 6.07) is 8.26. The minimum absolute atomic E-state index is 0.588. The molecule has 1 aliphatic rings. The average molecular weight is 287 g/mol. The molecule has 1 N–H and O–H groups in total. The summed E-state index contributed by atoms with van der Waals surface area (Å²) in [4.78, 5) is 0. The summed E-state index contributed by atoms with van der Waals surface area (Å²) in [6.45, 7) is 5.50. The maximum Gasteiger partial charge on any atom is 0.135 e. The third kappa shape index (κ3) is 3.86. The third-order valence-electron chi connectivity index (χ3n) is 4.11. The highest BCUT2D eigenvalue weighted by Crippen LogP contribution is 2.32. The van der Waals surface area contributed by atoms with Crippen molar-refractivity contribution in [3.05, 3.63) is 35.6 Å². The molecular weight excluding hydrogens is 262 g/mol. The van der Waals surface area contributed by atoms with Crippen LogP contribution in [0.25, 0.3) is 11.0 Å². The number of para-hydroxylation sites is 1. The lowest BCUT2D eigenvalue weighted by atomic mass is 10.1. The van der Waals surface area contributed by atoms with Crippen molar-refractivity contribution in [2.45, 2.75) is 45.8 Å². The van der Waals surface area contributed by atoms with Gasteiger partial charge in [-0.15, -0.1) is 0 Å². The molecular formula is C18H25NO2. The van der Waals surface area contributed by atoms with Gasteiger partial charge >= 0.3 is 0 Å². The van der Waals surface area contributed by atoms with E-state index in [1.807, 2.05) is 12.1 Å². The van der Waals surface area contributed by atoms with Crippen molar-refractivity contribution in [2.24, 2.45) is 5.92 Å². The van der Waals surface area contributed by atoms with E-state index in [0.717, 1.165) is 43.4 Å². The number of furan rings is 1. The molecule has 0 saturated heterocycles. The molecule has 0 bridgehead atoms. The van der Waals surface area contributed by atoms with Crippen LogP contribution in [-0.4, -0.2) is 13.2 Å². The smallest absolute Gasteiger partial charge is 0.135 e. The van der Waals surface area contributed by atoms with E-state index >= 15 is 0 Å². The van der Waals surface area contributed by atoms with Crippen LogP contribution in [-0.2, 0) is 17.9 Å². The van der Waals surface area contributed by atoms with Crippen LogP contribution in [0, 0.1) is 5.92 Å². The van der Waals surface area contributed by atoms with Crippen molar-refractivity contribution in [1.82, 2.24) is 5.32 Å². The molecule has 0 atom stereocenters. The van der Waals surface area contributed by atoms with Crippen LogP contribution < -0.4 is 5.32 Å². The summed E-state index contributed by atoms with van der Waals surface area (Å²) in [5, 5.41) is 4.68. The molecule has 3 heteroatoms. The summed E-state index contributed by atoms with van der Waals surface area (Å²) in [5.41, 5.74) is 2.22. The van der Waals surface area contributed by atoms with Gasteiger partial charge in [0, 0.05) is 24.1 Å². The number of hydrogen-bond acceptors (Lipinski definition) is 3. The molecule has 0 aliphatic heterocycles. The molecule has 2 aromatic rings. The lowest BCUT2D eigenvalue weighted by Gasteiger charge is -2.06. The SMILES string of the molecule is CCCNCc1c(COCCC2CC2)oc2ccccc12. The Morgan fingerprint density at radius 2 is 2.14 bits per heavy atom. The Morgan fingerprint density at radius 3 is 2.95 bits per heavy atom. The Kier molecular flexibility index (Phi) is 4.94. The van der Waals surface area contributed by atoms with Crippen LogP contribution in [0.15, 0.2) is 28.7 Å². The summed E-state index contributed by atoms with van der Waals surface area (Å²) in [7, 11) is 0. The number of ether oxygens (including phenoxy) is 1. The van der Waals surface area contributed by atoms with Gasteiger partial charge in [0.05, 0.1) is 0 Å². The zero-order valence-electron chi connectivity index (χ0n) is 12.9. The summed E-state index contributed by atoms with van der Waals surface area (Å²) < 4.78 is 11.8. The Hall–Kier alpha value is -1.32. The number of rotatable bonds is 9. The minimum Gasteiger partial charge on any atom is -0.458 e. The molecule has 1 aromatic heterocycles. The van der Waals surface area contributed by atoms with Gasteiger partial charge in [0.2, 0.25) is 0 Å². The normalized spacial score (nSPS) is 14.9. The fourth-order valence-corrected chi connectivity index (χ4v) is 2.67. The fraction of sp³-hybridized carbons (Fsp3) is 0.556. The van der Waals surface area contributed by atoms with E-state index in [4.69, 9.17) is 9.15 Å². The van der Waals surface area contributed by atoms with E-state index in [1.54, 1.807) is 0 Å². The van der Waals surface area contributed by atoms with Gasteiger partial charge in [-0.25, -0.2) is 0 Å². The van der Waals surface area contributed by atoms with Gasteiger partial charge in [-0.05, 0) is 31.4 Å². The molecule has 0 radical (unpaired) electrons. The van der Waals surface area contributed by atoms with Crippen molar-refractivity contribution in [2.75, 3.05) is 13.2 Å². The van der Waals surface area contributed by atoms with E-state index in [9.17, 15) is 0 Å². The zero-order valence-corrected chi connectivity index (χ0v) is 12.9. The largest absolute Gasteiger partial charge is 0.458 e. The maximum atomic E-state index is 5.99. The highest BCUT2D eigenvalue weighted by Gasteiger charge is 2.20. The first-order valence-electron chi connectivity index (χ1n) is 8.16. The van der Waals surface area contributed by atoms with Gasteiger partial charge < -0.3 is 14.5 Å². The van der Waals surface area contributed by atoms with Crippen molar-refractivity contribution in [1.29, 1.82) is 0 Å². The van der Waals surface area contributed by atoms with E-state index in [-0.39, 0.29) is 0 Å². The standard InChI is InChI=1S/C18H25NO2/c1-2-10-19-12-16-15-5-3-4-6-17(15)21-18(16)13-20-11-9-14-7-8-14/h3-6,14,19H,2,7-13H2,1H3. The number of fused-ring (bicyclic) bond motifs is 1. The molecule has 114 valence electrons. The van der Waals surface area contributed by atoms with E-state index in [2.05, 4.69) is 24.4 Å². The number of nitrogens with one attached hydrogen (secondary N) is 1. The summed E-state index contributed by atoms with van der Waals surface area (Å²) in [6.07, 6.45) is 5.12.